The normalized spacial score (nSPS) is 21.8. The fraction of sp³-hybridized carbons (Fsp3) is 0.722. The topological polar surface area (TPSA) is 39.7 Å². The van der Waals surface area contributed by atoms with Gasteiger partial charge >= 0.3 is 0 Å². The summed E-state index contributed by atoms with van der Waals surface area (Å²) in [5.41, 5.74) is 1.64. The molecule has 0 amide bonds. The lowest BCUT2D eigenvalue weighted by Gasteiger charge is -2.43. The Balaban J connectivity index is 1.61. The number of hydrogen-bond donors (Lipinski definition) is 2. The number of guanidine groups is 1. The standard InChI is InChI=1S/C18H30N4S2/c1-2-19-17(20-13-16-5-10-24-14-16)21-15-18(6-3-4-7-18)22-8-11-23-12-9-22/h5,10,14H,2-4,6-9,11-13,15H2,1H3,(H2,19,20,21). The summed E-state index contributed by atoms with van der Waals surface area (Å²) >= 11 is 3.84. The van der Waals surface area contributed by atoms with Crippen molar-refractivity contribution in [3.8, 4) is 0 Å². The third-order valence-electron chi connectivity index (χ3n) is 5.15. The van der Waals surface area contributed by atoms with E-state index in [1.807, 2.05) is 0 Å². The number of nitrogens with zero attached hydrogens (tertiary/aromatic N) is 2. The highest BCUT2D eigenvalue weighted by molar-refractivity contribution is 7.99. The van der Waals surface area contributed by atoms with Gasteiger partial charge in [-0.25, -0.2) is 4.99 Å². The SMILES string of the molecule is CCNC(=NCc1ccsc1)NCC1(N2CCSCC2)CCCC1. The van der Waals surface area contributed by atoms with Gasteiger partial charge < -0.3 is 10.6 Å². The van der Waals surface area contributed by atoms with Crippen molar-refractivity contribution in [1.82, 2.24) is 15.5 Å². The minimum atomic E-state index is 0.347. The highest BCUT2D eigenvalue weighted by Gasteiger charge is 2.39. The molecular formula is C18H30N4S2. The van der Waals surface area contributed by atoms with E-state index in [1.165, 1.54) is 55.8 Å². The van der Waals surface area contributed by atoms with Crippen LogP contribution in [0.2, 0.25) is 0 Å². The Hall–Kier alpha value is -0.720. The zero-order valence-corrected chi connectivity index (χ0v) is 16.4. The Morgan fingerprint density at radius 1 is 1.25 bits per heavy atom. The van der Waals surface area contributed by atoms with Crippen LogP contribution in [0.4, 0.5) is 0 Å². The minimum absolute atomic E-state index is 0.347. The van der Waals surface area contributed by atoms with Gasteiger partial charge in [0.25, 0.3) is 0 Å². The molecule has 1 saturated heterocycles. The van der Waals surface area contributed by atoms with Crippen LogP contribution in [0.25, 0.3) is 0 Å². The lowest BCUT2D eigenvalue weighted by atomic mass is 9.94. The first kappa shape index (κ1) is 18.1. The number of thiophene rings is 1. The summed E-state index contributed by atoms with van der Waals surface area (Å²) in [6, 6.07) is 2.15. The molecule has 0 spiro atoms. The van der Waals surface area contributed by atoms with Gasteiger partial charge in [0.2, 0.25) is 0 Å². The van der Waals surface area contributed by atoms with E-state index in [1.54, 1.807) is 11.3 Å². The molecule has 0 radical (unpaired) electrons. The van der Waals surface area contributed by atoms with Gasteiger partial charge in [0.05, 0.1) is 6.54 Å². The fourth-order valence-corrected chi connectivity index (χ4v) is 5.38. The van der Waals surface area contributed by atoms with Crippen LogP contribution < -0.4 is 10.6 Å². The maximum atomic E-state index is 4.77. The molecule has 1 aliphatic carbocycles. The average Bonchev–Trinajstić information content (AvgIpc) is 3.31. The molecule has 2 heterocycles. The molecule has 1 saturated carbocycles. The molecule has 0 atom stereocenters. The van der Waals surface area contributed by atoms with Crippen molar-refractivity contribution in [2.24, 2.45) is 4.99 Å². The van der Waals surface area contributed by atoms with E-state index in [4.69, 9.17) is 4.99 Å². The Labute approximate surface area is 154 Å². The van der Waals surface area contributed by atoms with Crippen LogP contribution in [-0.2, 0) is 6.54 Å². The quantitative estimate of drug-likeness (QED) is 0.599. The molecule has 4 nitrogen and oxygen atoms in total. The highest BCUT2D eigenvalue weighted by atomic mass is 32.2. The molecule has 24 heavy (non-hydrogen) atoms. The molecule has 0 bridgehead atoms. The van der Waals surface area contributed by atoms with E-state index in [2.05, 4.69) is 51.0 Å². The second-order valence-corrected chi connectivity index (χ2v) is 8.72. The van der Waals surface area contributed by atoms with E-state index < -0.39 is 0 Å². The molecule has 2 N–H and O–H groups in total. The average molecular weight is 367 g/mol. The van der Waals surface area contributed by atoms with E-state index in [9.17, 15) is 0 Å². The summed E-state index contributed by atoms with van der Waals surface area (Å²) in [4.78, 5) is 7.53. The fourth-order valence-electron chi connectivity index (χ4n) is 3.82. The number of thioether (sulfide) groups is 1. The zero-order chi connectivity index (χ0) is 16.7. The zero-order valence-electron chi connectivity index (χ0n) is 14.7. The molecule has 0 unspecified atom stereocenters. The summed E-state index contributed by atoms with van der Waals surface area (Å²) in [7, 11) is 0. The first-order valence-corrected chi connectivity index (χ1v) is 11.3. The minimum Gasteiger partial charge on any atom is -0.357 e. The predicted molar refractivity (Wildman–Crippen MR) is 107 cm³/mol. The maximum Gasteiger partial charge on any atom is 0.191 e. The molecule has 1 aromatic heterocycles. The molecule has 2 aliphatic rings. The molecule has 6 heteroatoms. The van der Waals surface area contributed by atoms with Gasteiger partial charge in [-0.15, -0.1) is 0 Å². The van der Waals surface area contributed by atoms with Crippen LogP contribution in [0.15, 0.2) is 21.8 Å². The summed E-state index contributed by atoms with van der Waals surface area (Å²) < 4.78 is 0. The van der Waals surface area contributed by atoms with Crippen LogP contribution in [0.5, 0.6) is 0 Å². The number of aliphatic imine (C=N–C) groups is 1. The van der Waals surface area contributed by atoms with Gasteiger partial charge in [-0.1, -0.05) is 12.8 Å². The van der Waals surface area contributed by atoms with Crippen molar-refractivity contribution in [3.63, 3.8) is 0 Å². The largest absolute Gasteiger partial charge is 0.357 e. The van der Waals surface area contributed by atoms with E-state index in [-0.39, 0.29) is 0 Å². The second kappa shape index (κ2) is 9.11. The molecule has 1 aliphatic heterocycles. The number of hydrogen-bond acceptors (Lipinski definition) is 4. The maximum absolute atomic E-state index is 4.77. The number of nitrogens with one attached hydrogen (secondary N) is 2. The van der Waals surface area contributed by atoms with Gasteiger partial charge in [0.15, 0.2) is 5.96 Å². The highest BCUT2D eigenvalue weighted by Crippen LogP contribution is 2.36. The smallest absolute Gasteiger partial charge is 0.191 e. The van der Waals surface area contributed by atoms with Gasteiger partial charge in [0, 0.05) is 43.2 Å². The monoisotopic (exact) mass is 366 g/mol. The second-order valence-electron chi connectivity index (χ2n) is 6.71. The van der Waals surface area contributed by atoms with Crippen LogP contribution >= 0.6 is 23.1 Å². The van der Waals surface area contributed by atoms with Crippen LogP contribution in [0.1, 0.15) is 38.2 Å². The predicted octanol–water partition coefficient (Wildman–Crippen LogP) is 3.16. The van der Waals surface area contributed by atoms with Crippen molar-refractivity contribution in [3.05, 3.63) is 22.4 Å². The Morgan fingerprint density at radius 3 is 2.71 bits per heavy atom. The molecule has 3 rings (SSSR count). The van der Waals surface area contributed by atoms with Crippen molar-refractivity contribution in [1.29, 1.82) is 0 Å². The van der Waals surface area contributed by atoms with E-state index in [0.29, 0.717) is 5.54 Å². The van der Waals surface area contributed by atoms with Gasteiger partial charge in [-0.2, -0.15) is 23.1 Å². The Kier molecular flexibility index (Phi) is 6.86. The Bertz CT molecular complexity index is 503. The number of rotatable bonds is 6. The van der Waals surface area contributed by atoms with Crippen molar-refractivity contribution >= 4 is 29.1 Å². The van der Waals surface area contributed by atoms with Crippen molar-refractivity contribution in [2.45, 2.75) is 44.7 Å². The molecular weight excluding hydrogens is 336 g/mol. The lowest BCUT2D eigenvalue weighted by Crippen LogP contribution is -2.57. The van der Waals surface area contributed by atoms with Gasteiger partial charge in [-0.05, 0) is 42.2 Å². The summed E-state index contributed by atoms with van der Waals surface area (Å²) in [6.45, 7) is 7.31. The Morgan fingerprint density at radius 2 is 2.04 bits per heavy atom. The molecule has 0 aromatic carbocycles. The summed E-state index contributed by atoms with van der Waals surface area (Å²) in [5.74, 6) is 3.53. The van der Waals surface area contributed by atoms with E-state index >= 15 is 0 Å². The third-order valence-corrected chi connectivity index (χ3v) is 6.82. The molecule has 2 fully saturated rings. The first-order chi connectivity index (χ1) is 11.8. The summed E-state index contributed by atoms with van der Waals surface area (Å²) in [5, 5.41) is 11.4. The summed E-state index contributed by atoms with van der Waals surface area (Å²) in [6.07, 6.45) is 5.39. The van der Waals surface area contributed by atoms with E-state index in [0.717, 1.165) is 25.6 Å². The molecule has 1 aromatic rings. The third kappa shape index (κ3) is 4.67. The van der Waals surface area contributed by atoms with Crippen molar-refractivity contribution < 1.29 is 0 Å². The lowest BCUT2D eigenvalue weighted by molar-refractivity contribution is 0.107. The van der Waals surface area contributed by atoms with Crippen LogP contribution in [-0.4, -0.2) is 54.1 Å². The van der Waals surface area contributed by atoms with Crippen molar-refractivity contribution in [2.75, 3.05) is 37.7 Å². The first-order valence-electron chi connectivity index (χ1n) is 9.18. The van der Waals surface area contributed by atoms with Crippen LogP contribution in [0.3, 0.4) is 0 Å². The van der Waals surface area contributed by atoms with Gasteiger partial charge in [0.1, 0.15) is 0 Å². The molecule has 134 valence electrons. The van der Waals surface area contributed by atoms with Crippen LogP contribution in [0, 0.1) is 0 Å². The van der Waals surface area contributed by atoms with Gasteiger partial charge in [-0.3, -0.25) is 4.90 Å².